The SMILES string of the molecule is C/C(=N\NC(=O)c1cc(Cl)nc(Cl)c1)c1ccco1. The second kappa shape index (κ2) is 5.86. The van der Waals surface area contributed by atoms with Crippen LogP contribution in [0.4, 0.5) is 0 Å². The Morgan fingerprint density at radius 2 is 2.05 bits per heavy atom. The first-order valence-electron chi connectivity index (χ1n) is 5.28. The van der Waals surface area contributed by atoms with Gasteiger partial charge in [0.1, 0.15) is 21.8 Å². The molecular weight excluding hydrogens is 289 g/mol. The van der Waals surface area contributed by atoms with E-state index in [-0.39, 0.29) is 15.9 Å². The number of rotatable bonds is 3. The summed E-state index contributed by atoms with van der Waals surface area (Å²) in [5.41, 5.74) is 3.21. The Morgan fingerprint density at radius 1 is 1.37 bits per heavy atom. The van der Waals surface area contributed by atoms with Gasteiger partial charge in [0.2, 0.25) is 0 Å². The smallest absolute Gasteiger partial charge is 0.271 e. The average Bonchev–Trinajstić information content (AvgIpc) is 2.88. The molecule has 0 saturated heterocycles. The van der Waals surface area contributed by atoms with Crippen LogP contribution < -0.4 is 5.43 Å². The van der Waals surface area contributed by atoms with E-state index >= 15 is 0 Å². The maximum Gasteiger partial charge on any atom is 0.271 e. The molecule has 2 aromatic heterocycles. The lowest BCUT2D eigenvalue weighted by molar-refractivity contribution is 0.0954. The van der Waals surface area contributed by atoms with Crippen LogP contribution in [0.25, 0.3) is 0 Å². The largest absolute Gasteiger partial charge is 0.463 e. The summed E-state index contributed by atoms with van der Waals surface area (Å²) >= 11 is 11.4. The molecule has 0 unspecified atom stereocenters. The Balaban J connectivity index is 2.11. The van der Waals surface area contributed by atoms with E-state index in [1.54, 1.807) is 19.1 Å². The van der Waals surface area contributed by atoms with Crippen molar-refractivity contribution in [3.05, 3.63) is 52.2 Å². The molecule has 0 fully saturated rings. The third kappa shape index (κ3) is 3.56. The lowest BCUT2D eigenvalue weighted by Gasteiger charge is -2.02. The molecule has 0 radical (unpaired) electrons. The summed E-state index contributed by atoms with van der Waals surface area (Å²) in [4.78, 5) is 15.6. The van der Waals surface area contributed by atoms with Crippen LogP contribution in [-0.2, 0) is 0 Å². The summed E-state index contributed by atoms with van der Waals surface area (Å²) in [6.07, 6.45) is 1.53. The van der Waals surface area contributed by atoms with E-state index in [9.17, 15) is 4.79 Å². The molecule has 7 heteroatoms. The minimum atomic E-state index is -0.433. The molecule has 2 rings (SSSR count). The molecule has 0 spiro atoms. The average molecular weight is 298 g/mol. The normalized spacial score (nSPS) is 11.4. The quantitative estimate of drug-likeness (QED) is 0.538. The van der Waals surface area contributed by atoms with Crippen molar-refractivity contribution in [1.29, 1.82) is 0 Å². The highest BCUT2D eigenvalue weighted by Crippen LogP contribution is 2.14. The maximum absolute atomic E-state index is 11.8. The minimum Gasteiger partial charge on any atom is -0.463 e. The van der Waals surface area contributed by atoms with Gasteiger partial charge in [-0.1, -0.05) is 23.2 Å². The Morgan fingerprint density at radius 3 is 2.63 bits per heavy atom. The molecule has 0 aliphatic heterocycles. The fourth-order valence-electron chi connectivity index (χ4n) is 1.33. The molecule has 0 aliphatic carbocycles. The summed E-state index contributed by atoms with van der Waals surface area (Å²) in [5.74, 6) is 0.142. The van der Waals surface area contributed by atoms with Crippen LogP contribution in [0.2, 0.25) is 10.3 Å². The van der Waals surface area contributed by atoms with E-state index in [4.69, 9.17) is 27.6 Å². The number of pyridine rings is 1. The highest BCUT2D eigenvalue weighted by atomic mass is 35.5. The predicted molar refractivity (Wildman–Crippen MR) is 72.6 cm³/mol. The fourth-order valence-corrected chi connectivity index (χ4v) is 1.80. The zero-order valence-corrected chi connectivity index (χ0v) is 11.4. The first-order chi connectivity index (χ1) is 9.06. The summed E-state index contributed by atoms with van der Waals surface area (Å²) in [6.45, 7) is 1.71. The molecule has 0 bridgehead atoms. The lowest BCUT2D eigenvalue weighted by Crippen LogP contribution is -2.19. The van der Waals surface area contributed by atoms with Crippen LogP contribution >= 0.6 is 23.2 Å². The van der Waals surface area contributed by atoms with Gasteiger partial charge in [-0.2, -0.15) is 5.10 Å². The molecule has 0 aromatic carbocycles. The number of amides is 1. The van der Waals surface area contributed by atoms with Gasteiger partial charge in [-0.05, 0) is 31.2 Å². The van der Waals surface area contributed by atoms with E-state index in [0.29, 0.717) is 11.5 Å². The molecule has 2 heterocycles. The Hall–Kier alpha value is -1.85. The number of carbonyl (C=O) groups excluding carboxylic acids is 1. The number of hydrazone groups is 1. The summed E-state index contributed by atoms with van der Waals surface area (Å²) < 4.78 is 5.14. The molecule has 98 valence electrons. The second-order valence-corrected chi connectivity index (χ2v) is 4.39. The maximum atomic E-state index is 11.8. The van der Waals surface area contributed by atoms with Crippen LogP contribution in [0.3, 0.4) is 0 Å². The summed E-state index contributed by atoms with van der Waals surface area (Å²) in [6, 6.07) is 6.28. The van der Waals surface area contributed by atoms with Crippen molar-refractivity contribution in [2.45, 2.75) is 6.92 Å². The van der Waals surface area contributed by atoms with Gasteiger partial charge in [0.25, 0.3) is 5.91 Å². The number of hydrogen-bond acceptors (Lipinski definition) is 4. The zero-order chi connectivity index (χ0) is 13.8. The number of nitrogens with zero attached hydrogens (tertiary/aromatic N) is 2. The number of halogens is 2. The fraction of sp³-hybridized carbons (Fsp3) is 0.0833. The molecule has 1 N–H and O–H groups in total. The van der Waals surface area contributed by atoms with Crippen molar-refractivity contribution in [2.75, 3.05) is 0 Å². The van der Waals surface area contributed by atoms with E-state index in [0.717, 1.165) is 0 Å². The summed E-state index contributed by atoms with van der Waals surface area (Å²) in [7, 11) is 0. The number of nitrogens with one attached hydrogen (secondary N) is 1. The van der Waals surface area contributed by atoms with Gasteiger partial charge in [0.15, 0.2) is 0 Å². The topological polar surface area (TPSA) is 67.5 Å². The third-order valence-corrected chi connectivity index (χ3v) is 2.62. The number of aromatic nitrogens is 1. The number of hydrogen-bond donors (Lipinski definition) is 1. The Bertz CT molecular complexity index is 604. The second-order valence-electron chi connectivity index (χ2n) is 3.62. The van der Waals surface area contributed by atoms with E-state index in [1.165, 1.54) is 18.4 Å². The van der Waals surface area contributed by atoms with Gasteiger partial charge >= 0.3 is 0 Å². The standard InChI is InChI=1S/C12H9Cl2N3O2/c1-7(9-3-2-4-19-9)16-17-12(18)8-5-10(13)15-11(14)6-8/h2-6H,1H3,(H,17,18)/b16-7+. The van der Waals surface area contributed by atoms with Gasteiger partial charge in [0.05, 0.1) is 6.26 Å². The monoisotopic (exact) mass is 297 g/mol. The van der Waals surface area contributed by atoms with Gasteiger partial charge in [-0.15, -0.1) is 0 Å². The van der Waals surface area contributed by atoms with Crippen LogP contribution in [0.15, 0.2) is 40.0 Å². The van der Waals surface area contributed by atoms with Crippen LogP contribution in [0, 0.1) is 0 Å². The Labute approximate surface area is 119 Å². The van der Waals surface area contributed by atoms with Crippen molar-refractivity contribution >= 4 is 34.8 Å². The van der Waals surface area contributed by atoms with Gasteiger partial charge in [0, 0.05) is 5.56 Å². The Kier molecular flexibility index (Phi) is 4.19. The zero-order valence-electron chi connectivity index (χ0n) is 9.85. The van der Waals surface area contributed by atoms with Gasteiger partial charge in [-0.3, -0.25) is 4.79 Å². The van der Waals surface area contributed by atoms with E-state index in [1.807, 2.05) is 0 Å². The number of carbonyl (C=O) groups is 1. The first-order valence-corrected chi connectivity index (χ1v) is 6.03. The molecule has 2 aromatic rings. The van der Waals surface area contributed by atoms with Crippen molar-refractivity contribution in [3.8, 4) is 0 Å². The highest BCUT2D eigenvalue weighted by molar-refractivity contribution is 6.33. The van der Waals surface area contributed by atoms with Crippen LogP contribution in [-0.4, -0.2) is 16.6 Å². The first kappa shape index (κ1) is 13.6. The van der Waals surface area contributed by atoms with Crippen molar-refractivity contribution in [1.82, 2.24) is 10.4 Å². The van der Waals surface area contributed by atoms with Gasteiger partial charge < -0.3 is 4.42 Å². The lowest BCUT2D eigenvalue weighted by atomic mass is 10.2. The van der Waals surface area contributed by atoms with Crippen LogP contribution in [0.5, 0.6) is 0 Å². The molecular formula is C12H9Cl2N3O2. The molecule has 0 atom stereocenters. The van der Waals surface area contributed by atoms with Crippen molar-refractivity contribution in [2.24, 2.45) is 5.10 Å². The van der Waals surface area contributed by atoms with E-state index < -0.39 is 5.91 Å². The highest BCUT2D eigenvalue weighted by Gasteiger charge is 2.08. The van der Waals surface area contributed by atoms with Crippen molar-refractivity contribution in [3.63, 3.8) is 0 Å². The van der Waals surface area contributed by atoms with Crippen LogP contribution in [0.1, 0.15) is 23.0 Å². The van der Waals surface area contributed by atoms with E-state index in [2.05, 4.69) is 15.5 Å². The molecule has 0 aliphatic rings. The molecule has 0 saturated carbocycles. The molecule has 1 amide bonds. The summed E-state index contributed by atoms with van der Waals surface area (Å²) in [5, 5.41) is 4.20. The third-order valence-electron chi connectivity index (χ3n) is 2.23. The number of furan rings is 1. The minimum absolute atomic E-state index is 0.143. The molecule has 5 nitrogen and oxygen atoms in total. The van der Waals surface area contributed by atoms with Gasteiger partial charge in [-0.25, -0.2) is 10.4 Å². The van der Waals surface area contributed by atoms with Crippen molar-refractivity contribution < 1.29 is 9.21 Å². The predicted octanol–water partition coefficient (Wildman–Crippen LogP) is 3.14. The molecule has 19 heavy (non-hydrogen) atoms.